The van der Waals surface area contributed by atoms with E-state index in [1.165, 1.54) is 6.07 Å². The molecule has 126 valence electrons. The molecule has 8 heteroatoms. The Hall–Kier alpha value is -1.70. The predicted octanol–water partition coefficient (Wildman–Crippen LogP) is 3.82. The second kappa shape index (κ2) is 6.82. The Kier molecular flexibility index (Phi) is 5.23. The monoisotopic (exact) mass is 345 g/mol. The summed E-state index contributed by atoms with van der Waals surface area (Å²) < 4.78 is 40.4. The van der Waals surface area contributed by atoms with Crippen molar-refractivity contribution in [2.75, 3.05) is 0 Å². The first kappa shape index (κ1) is 17.7. The normalized spacial score (nSPS) is 13.4. The van der Waals surface area contributed by atoms with E-state index >= 15 is 0 Å². The topological polar surface area (TPSA) is 60.9 Å². The minimum atomic E-state index is -4.41. The maximum absolute atomic E-state index is 12.8. The second-order valence-electron chi connectivity index (χ2n) is 5.26. The molecule has 2 aromatic rings. The molecule has 1 heterocycles. The van der Waals surface area contributed by atoms with E-state index < -0.39 is 22.9 Å². The van der Waals surface area contributed by atoms with Crippen LogP contribution in [0.15, 0.2) is 23.4 Å². The number of rotatable bonds is 6. The molecular weight excluding hydrogens is 327 g/mol. The molecule has 0 fully saturated rings. The van der Waals surface area contributed by atoms with Crippen molar-refractivity contribution in [1.29, 1.82) is 0 Å². The Labute approximate surface area is 136 Å². The summed E-state index contributed by atoms with van der Waals surface area (Å²) in [5.41, 5.74) is 5.44. The van der Waals surface area contributed by atoms with Gasteiger partial charge in [-0.3, -0.25) is 4.79 Å². The number of thioether (sulfide) groups is 1. The minimum absolute atomic E-state index is 0.273. The van der Waals surface area contributed by atoms with E-state index in [1.807, 2.05) is 11.5 Å². The first-order valence-electron chi connectivity index (χ1n) is 7.27. The first-order valence-corrected chi connectivity index (χ1v) is 8.15. The van der Waals surface area contributed by atoms with Crippen LogP contribution in [0.3, 0.4) is 0 Å². The van der Waals surface area contributed by atoms with E-state index in [0.29, 0.717) is 17.2 Å². The van der Waals surface area contributed by atoms with Crippen LogP contribution in [0.4, 0.5) is 13.2 Å². The van der Waals surface area contributed by atoms with E-state index in [-0.39, 0.29) is 5.52 Å². The van der Waals surface area contributed by atoms with Gasteiger partial charge in [-0.25, -0.2) is 4.98 Å². The van der Waals surface area contributed by atoms with Crippen molar-refractivity contribution in [3.63, 3.8) is 0 Å². The molecule has 0 aliphatic heterocycles. The van der Waals surface area contributed by atoms with Crippen LogP contribution in [0.25, 0.3) is 11.0 Å². The summed E-state index contributed by atoms with van der Waals surface area (Å²) in [5, 5.41) is 0.00773. The molecule has 0 aliphatic rings. The van der Waals surface area contributed by atoms with Gasteiger partial charge < -0.3 is 10.3 Å². The van der Waals surface area contributed by atoms with Gasteiger partial charge in [0, 0.05) is 6.54 Å². The molecule has 2 rings (SSSR count). The number of halogens is 3. The number of fused-ring (bicyclic) bond motifs is 1. The smallest absolute Gasteiger partial charge is 0.369 e. The van der Waals surface area contributed by atoms with Gasteiger partial charge in [0.25, 0.3) is 0 Å². The molecule has 0 bridgehead atoms. The summed E-state index contributed by atoms with van der Waals surface area (Å²) in [6.45, 7) is 4.31. The minimum Gasteiger partial charge on any atom is -0.369 e. The van der Waals surface area contributed by atoms with Gasteiger partial charge in [0.1, 0.15) is 0 Å². The Morgan fingerprint density at radius 1 is 1.43 bits per heavy atom. The lowest BCUT2D eigenvalue weighted by Crippen LogP contribution is -2.23. The molecule has 1 aromatic heterocycles. The molecule has 1 aromatic carbocycles. The number of imidazole rings is 1. The lowest BCUT2D eigenvalue weighted by atomic mass is 10.2. The summed E-state index contributed by atoms with van der Waals surface area (Å²) in [4.78, 5) is 15.5. The van der Waals surface area contributed by atoms with E-state index in [2.05, 4.69) is 4.98 Å². The van der Waals surface area contributed by atoms with Crippen molar-refractivity contribution in [3.8, 4) is 0 Å². The number of benzene rings is 1. The number of unbranched alkanes of at least 4 members (excludes halogenated alkanes) is 1. The third-order valence-electron chi connectivity index (χ3n) is 3.46. The average molecular weight is 345 g/mol. The lowest BCUT2D eigenvalue weighted by molar-refractivity contribution is -0.137. The molecule has 1 atom stereocenters. The van der Waals surface area contributed by atoms with E-state index in [9.17, 15) is 18.0 Å². The Bertz CT molecular complexity index is 712. The van der Waals surface area contributed by atoms with Gasteiger partial charge in [-0.05, 0) is 31.5 Å². The summed E-state index contributed by atoms with van der Waals surface area (Å²) in [5.74, 6) is -0.486. The molecule has 23 heavy (non-hydrogen) atoms. The van der Waals surface area contributed by atoms with E-state index in [4.69, 9.17) is 5.73 Å². The number of primary amides is 1. The average Bonchev–Trinajstić information content (AvgIpc) is 2.80. The molecule has 0 saturated carbocycles. The number of amides is 1. The van der Waals surface area contributed by atoms with Gasteiger partial charge >= 0.3 is 6.18 Å². The summed E-state index contributed by atoms with van der Waals surface area (Å²) in [6.07, 6.45) is -2.60. The highest BCUT2D eigenvalue weighted by molar-refractivity contribution is 8.00. The van der Waals surface area contributed by atoms with Crippen LogP contribution in [-0.4, -0.2) is 20.7 Å². The van der Waals surface area contributed by atoms with Crippen molar-refractivity contribution in [2.45, 2.75) is 49.8 Å². The van der Waals surface area contributed by atoms with Crippen LogP contribution in [0, 0.1) is 0 Å². The number of aryl methyl sites for hydroxylation is 1. The van der Waals surface area contributed by atoms with Crippen LogP contribution in [0.5, 0.6) is 0 Å². The molecule has 4 nitrogen and oxygen atoms in total. The van der Waals surface area contributed by atoms with Crippen molar-refractivity contribution in [2.24, 2.45) is 5.73 Å². The summed E-state index contributed by atoms with van der Waals surface area (Å²) >= 11 is 1.16. The molecule has 1 amide bonds. The number of nitrogens with zero attached hydrogens (tertiary/aromatic N) is 2. The van der Waals surface area contributed by atoms with Gasteiger partial charge in [-0.2, -0.15) is 13.2 Å². The zero-order valence-electron chi connectivity index (χ0n) is 12.9. The van der Waals surface area contributed by atoms with Crippen LogP contribution in [0.2, 0.25) is 0 Å². The maximum atomic E-state index is 12.8. The zero-order chi connectivity index (χ0) is 17.2. The first-order chi connectivity index (χ1) is 10.7. The number of carbonyl (C=O) groups excluding carboxylic acids is 1. The Balaban J connectivity index is 2.49. The van der Waals surface area contributed by atoms with Gasteiger partial charge in [0.15, 0.2) is 5.16 Å². The molecule has 2 N–H and O–H groups in total. The fourth-order valence-electron chi connectivity index (χ4n) is 2.12. The molecule has 0 aliphatic carbocycles. The van der Waals surface area contributed by atoms with Gasteiger partial charge in [0.2, 0.25) is 5.91 Å². The lowest BCUT2D eigenvalue weighted by Gasteiger charge is -2.11. The largest absolute Gasteiger partial charge is 0.416 e. The quantitative estimate of drug-likeness (QED) is 0.810. The molecule has 0 saturated heterocycles. The second-order valence-corrected chi connectivity index (χ2v) is 6.57. The van der Waals surface area contributed by atoms with Crippen LogP contribution < -0.4 is 5.73 Å². The molecular formula is C15H18F3N3OS. The fraction of sp³-hybridized carbons (Fsp3) is 0.467. The SMILES string of the molecule is CCCCn1c(SC(C)C(N)=O)nc2cc(C(F)(F)F)ccc21. The van der Waals surface area contributed by atoms with E-state index in [0.717, 1.165) is 36.7 Å². The van der Waals surface area contributed by atoms with Crippen LogP contribution in [0.1, 0.15) is 32.3 Å². The molecule has 1 unspecified atom stereocenters. The number of nitrogens with two attached hydrogens (primary N) is 1. The molecule has 0 radical (unpaired) electrons. The van der Waals surface area contributed by atoms with Gasteiger partial charge in [-0.1, -0.05) is 25.1 Å². The Morgan fingerprint density at radius 3 is 2.70 bits per heavy atom. The van der Waals surface area contributed by atoms with E-state index in [1.54, 1.807) is 6.92 Å². The van der Waals surface area contributed by atoms with Crippen molar-refractivity contribution >= 4 is 28.7 Å². The summed E-state index contributed by atoms with van der Waals surface area (Å²) in [7, 11) is 0. The highest BCUT2D eigenvalue weighted by atomic mass is 32.2. The van der Waals surface area contributed by atoms with Gasteiger partial charge in [-0.15, -0.1) is 0 Å². The predicted molar refractivity (Wildman–Crippen MR) is 84.2 cm³/mol. The Morgan fingerprint density at radius 2 is 2.13 bits per heavy atom. The van der Waals surface area contributed by atoms with Crippen LogP contribution >= 0.6 is 11.8 Å². The fourth-order valence-corrected chi connectivity index (χ4v) is 3.02. The number of alkyl halides is 3. The number of hydrogen-bond acceptors (Lipinski definition) is 3. The number of hydrogen-bond donors (Lipinski definition) is 1. The third-order valence-corrected chi connectivity index (χ3v) is 4.57. The summed E-state index contributed by atoms with van der Waals surface area (Å²) in [6, 6.07) is 3.52. The standard InChI is InChI=1S/C15H18F3N3OS/c1-3-4-7-21-12-6-5-10(15(16,17)18)8-11(12)20-14(21)23-9(2)13(19)22/h5-6,8-9H,3-4,7H2,1-2H3,(H2,19,22). The van der Waals surface area contributed by atoms with Crippen LogP contribution in [-0.2, 0) is 17.5 Å². The molecule has 0 spiro atoms. The highest BCUT2D eigenvalue weighted by Gasteiger charge is 2.31. The third kappa shape index (κ3) is 3.99. The number of carbonyl (C=O) groups is 1. The maximum Gasteiger partial charge on any atom is 0.416 e. The van der Waals surface area contributed by atoms with Crippen molar-refractivity contribution in [1.82, 2.24) is 9.55 Å². The van der Waals surface area contributed by atoms with Gasteiger partial charge in [0.05, 0.1) is 21.8 Å². The van der Waals surface area contributed by atoms with Crippen molar-refractivity contribution < 1.29 is 18.0 Å². The number of aromatic nitrogens is 2. The highest BCUT2D eigenvalue weighted by Crippen LogP contribution is 2.33. The van der Waals surface area contributed by atoms with Crippen molar-refractivity contribution in [3.05, 3.63) is 23.8 Å². The zero-order valence-corrected chi connectivity index (χ0v) is 13.7.